The maximum atomic E-state index is 12.6. The standard InChI is InChI=1S/C18H27N3O2/c1-4-23-11-15-8-9-20(3)18(10-15)12-21(13-18)17(22)16-7-5-6-14(2)19-16/h5-7,15H,4,8-13H2,1-3H3/t15-/m1/s1. The largest absolute Gasteiger partial charge is 0.381 e. The molecule has 3 heterocycles. The van der Waals surface area contributed by atoms with Crippen LogP contribution in [0.2, 0.25) is 0 Å². The molecule has 1 aromatic heterocycles. The number of aryl methyl sites for hydroxylation is 1. The first-order valence-electron chi connectivity index (χ1n) is 8.56. The fourth-order valence-electron chi connectivity index (χ4n) is 3.84. The summed E-state index contributed by atoms with van der Waals surface area (Å²) < 4.78 is 5.62. The molecule has 5 nitrogen and oxygen atoms in total. The highest BCUT2D eigenvalue weighted by Crippen LogP contribution is 2.38. The molecule has 0 N–H and O–H groups in total. The van der Waals surface area contributed by atoms with Crippen molar-refractivity contribution in [2.45, 2.75) is 32.2 Å². The summed E-state index contributed by atoms with van der Waals surface area (Å²) in [6.45, 7) is 8.29. The number of carbonyl (C=O) groups is 1. The van der Waals surface area contributed by atoms with E-state index in [1.165, 1.54) is 6.42 Å². The normalized spacial score (nSPS) is 23.8. The minimum atomic E-state index is 0.0552. The van der Waals surface area contributed by atoms with Gasteiger partial charge in [0.15, 0.2) is 0 Å². The number of amides is 1. The molecule has 2 fully saturated rings. The van der Waals surface area contributed by atoms with Gasteiger partial charge in [-0.15, -0.1) is 0 Å². The topological polar surface area (TPSA) is 45.7 Å². The second kappa shape index (κ2) is 6.57. The number of likely N-dealkylation sites (tertiary alicyclic amines) is 2. The number of ether oxygens (including phenoxy) is 1. The molecule has 1 aromatic rings. The van der Waals surface area contributed by atoms with Gasteiger partial charge in [0.25, 0.3) is 5.91 Å². The number of pyridine rings is 1. The Bertz CT molecular complexity index is 567. The molecule has 0 radical (unpaired) electrons. The van der Waals surface area contributed by atoms with Gasteiger partial charge in [0, 0.05) is 32.0 Å². The molecule has 23 heavy (non-hydrogen) atoms. The molecular formula is C18H27N3O2. The third kappa shape index (κ3) is 3.26. The second-order valence-electron chi connectivity index (χ2n) is 6.99. The molecule has 2 aliphatic heterocycles. The Morgan fingerprint density at radius 3 is 2.91 bits per heavy atom. The van der Waals surface area contributed by atoms with Crippen molar-refractivity contribution in [2.24, 2.45) is 5.92 Å². The SMILES string of the molecule is CCOC[C@@H]1CCN(C)C2(C1)CN(C(=O)c1cccc(C)n1)C2. The summed E-state index contributed by atoms with van der Waals surface area (Å²) in [7, 11) is 2.18. The first-order valence-corrected chi connectivity index (χ1v) is 8.56. The van der Waals surface area contributed by atoms with Gasteiger partial charge in [-0.25, -0.2) is 4.98 Å². The number of likely N-dealkylation sites (N-methyl/N-ethyl adjacent to an activating group) is 1. The lowest BCUT2D eigenvalue weighted by Crippen LogP contribution is -2.72. The Balaban J connectivity index is 1.62. The highest BCUT2D eigenvalue weighted by atomic mass is 16.5. The lowest BCUT2D eigenvalue weighted by Gasteiger charge is -2.58. The van der Waals surface area contributed by atoms with Gasteiger partial charge in [-0.05, 0) is 58.3 Å². The maximum absolute atomic E-state index is 12.6. The summed E-state index contributed by atoms with van der Waals surface area (Å²) in [5.74, 6) is 0.667. The van der Waals surface area contributed by atoms with Crippen LogP contribution in [0.3, 0.4) is 0 Å². The van der Waals surface area contributed by atoms with Crippen molar-refractivity contribution in [3.05, 3.63) is 29.6 Å². The molecule has 0 unspecified atom stereocenters. The zero-order chi connectivity index (χ0) is 16.4. The van der Waals surface area contributed by atoms with Gasteiger partial charge in [0.05, 0.1) is 5.54 Å². The van der Waals surface area contributed by atoms with E-state index in [1.54, 1.807) is 0 Å². The molecule has 0 aromatic carbocycles. The molecule has 2 aliphatic rings. The summed E-state index contributed by atoms with van der Waals surface area (Å²) in [5, 5.41) is 0. The van der Waals surface area contributed by atoms with Crippen LogP contribution in [-0.2, 0) is 4.74 Å². The van der Waals surface area contributed by atoms with Crippen LogP contribution in [0, 0.1) is 12.8 Å². The molecule has 5 heteroatoms. The first kappa shape index (κ1) is 16.4. The summed E-state index contributed by atoms with van der Waals surface area (Å²) in [5.41, 5.74) is 1.58. The predicted octanol–water partition coefficient (Wildman–Crippen LogP) is 1.96. The maximum Gasteiger partial charge on any atom is 0.272 e. The zero-order valence-electron chi connectivity index (χ0n) is 14.4. The third-order valence-electron chi connectivity index (χ3n) is 5.27. The van der Waals surface area contributed by atoms with E-state index >= 15 is 0 Å². The Labute approximate surface area is 138 Å². The van der Waals surface area contributed by atoms with Crippen LogP contribution in [0.1, 0.15) is 35.9 Å². The lowest BCUT2D eigenvalue weighted by atomic mass is 9.75. The van der Waals surface area contributed by atoms with Crippen molar-refractivity contribution < 1.29 is 9.53 Å². The number of piperidine rings is 1. The molecule has 2 saturated heterocycles. The third-order valence-corrected chi connectivity index (χ3v) is 5.27. The highest BCUT2D eigenvalue weighted by Gasteiger charge is 2.51. The van der Waals surface area contributed by atoms with Gasteiger partial charge in [0.1, 0.15) is 5.69 Å². The van der Waals surface area contributed by atoms with Crippen LogP contribution in [0.4, 0.5) is 0 Å². The quantitative estimate of drug-likeness (QED) is 0.852. The fourth-order valence-corrected chi connectivity index (χ4v) is 3.84. The number of carbonyl (C=O) groups excluding carboxylic acids is 1. The van der Waals surface area contributed by atoms with E-state index in [9.17, 15) is 4.79 Å². The molecule has 126 valence electrons. The smallest absolute Gasteiger partial charge is 0.272 e. The molecule has 0 aliphatic carbocycles. The van der Waals surface area contributed by atoms with E-state index < -0.39 is 0 Å². The second-order valence-corrected chi connectivity index (χ2v) is 6.99. The van der Waals surface area contributed by atoms with Crippen LogP contribution in [0.15, 0.2) is 18.2 Å². The van der Waals surface area contributed by atoms with Crippen LogP contribution in [0.25, 0.3) is 0 Å². The van der Waals surface area contributed by atoms with E-state index in [2.05, 4.69) is 16.9 Å². The molecule has 1 spiro atoms. The van der Waals surface area contributed by atoms with Gasteiger partial charge < -0.3 is 9.64 Å². The highest BCUT2D eigenvalue weighted by molar-refractivity contribution is 5.93. The summed E-state index contributed by atoms with van der Waals surface area (Å²) in [6, 6.07) is 5.63. The van der Waals surface area contributed by atoms with Crippen molar-refractivity contribution >= 4 is 5.91 Å². The van der Waals surface area contributed by atoms with Crippen LogP contribution in [0.5, 0.6) is 0 Å². The van der Waals surface area contributed by atoms with Crippen molar-refractivity contribution in [3.63, 3.8) is 0 Å². The van der Waals surface area contributed by atoms with Crippen molar-refractivity contribution in [1.82, 2.24) is 14.8 Å². The van der Waals surface area contributed by atoms with Crippen LogP contribution >= 0.6 is 0 Å². The number of rotatable bonds is 4. The van der Waals surface area contributed by atoms with Gasteiger partial charge in [0.2, 0.25) is 0 Å². The predicted molar refractivity (Wildman–Crippen MR) is 89.5 cm³/mol. The Morgan fingerprint density at radius 1 is 1.43 bits per heavy atom. The number of nitrogens with zero attached hydrogens (tertiary/aromatic N) is 3. The average molecular weight is 317 g/mol. The van der Waals surface area contributed by atoms with Crippen LogP contribution < -0.4 is 0 Å². The monoisotopic (exact) mass is 317 g/mol. The Kier molecular flexibility index (Phi) is 4.69. The minimum absolute atomic E-state index is 0.0552. The van der Waals surface area contributed by atoms with E-state index in [1.807, 2.05) is 36.9 Å². The van der Waals surface area contributed by atoms with Gasteiger partial charge >= 0.3 is 0 Å². The van der Waals surface area contributed by atoms with Gasteiger partial charge in [-0.2, -0.15) is 0 Å². The van der Waals surface area contributed by atoms with E-state index in [0.717, 1.165) is 45.0 Å². The van der Waals surface area contributed by atoms with Gasteiger partial charge in [-0.1, -0.05) is 6.07 Å². The number of hydrogen-bond acceptors (Lipinski definition) is 4. The number of hydrogen-bond donors (Lipinski definition) is 0. The summed E-state index contributed by atoms with van der Waals surface area (Å²) in [4.78, 5) is 21.3. The minimum Gasteiger partial charge on any atom is -0.381 e. The van der Waals surface area contributed by atoms with Crippen molar-refractivity contribution in [2.75, 3.05) is 39.9 Å². The summed E-state index contributed by atoms with van der Waals surface area (Å²) >= 11 is 0. The van der Waals surface area contributed by atoms with Gasteiger partial charge in [-0.3, -0.25) is 9.69 Å². The number of aromatic nitrogens is 1. The average Bonchev–Trinajstić information content (AvgIpc) is 2.51. The molecule has 0 saturated carbocycles. The lowest BCUT2D eigenvalue weighted by molar-refractivity contribution is -0.0753. The molecular weight excluding hydrogens is 290 g/mol. The summed E-state index contributed by atoms with van der Waals surface area (Å²) in [6.07, 6.45) is 2.31. The van der Waals surface area contributed by atoms with Crippen molar-refractivity contribution in [3.8, 4) is 0 Å². The van der Waals surface area contributed by atoms with E-state index in [-0.39, 0.29) is 11.4 Å². The first-order chi connectivity index (χ1) is 11.0. The van der Waals surface area contributed by atoms with E-state index in [4.69, 9.17) is 4.74 Å². The molecule has 1 atom stereocenters. The zero-order valence-corrected chi connectivity index (χ0v) is 14.4. The molecule has 1 amide bonds. The van der Waals surface area contributed by atoms with Crippen molar-refractivity contribution in [1.29, 1.82) is 0 Å². The Hall–Kier alpha value is -1.46. The Morgan fingerprint density at radius 2 is 2.22 bits per heavy atom. The molecule has 0 bridgehead atoms. The van der Waals surface area contributed by atoms with Crippen LogP contribution in [-0.4, -0.2) is 66.1 Å². The molecule has 3 rings (SSSR count). The fraction of sp³-hybridized carbons (Fsp3) is 0.667. The van der Waals surface area contributed by atoms with E-state index in [0.29, 0.717) is 11.6 Å².